The third-order valence-corrected chi connectivity index (χ3v) is 7.07. The van der Waals surface area contributed by atoms with E-state index in [0.717, 1.165) is 63.6 Å². The number of likely N-dealkylation sites (tertiary alicyclic amines) is 1. The number of nitrogens with one attached hydrogen (secondary N) is 1. The summed E-state index contributed by atoms with van der Waals surface area (Å²) in [4.78, 5) is 20.6. The quantitative estimate of drug-likeness (QED) is 0.454. The Morgan fingerprint density at radius 2 is 1.97 bits per heavy atom. The number of aromatic nitrogens is 2. The average Bonchev–Trinajstić information content (AvgIpc) is 3.55. The van der Waals surface area contributed by atoms with Gasteiger partial charge in [-0.15, -0.1) is 0 Å². The van der Waals surface area contributed by atoms with Crippen molar-refractivity contribution < 1.29 is 22.8 Å². The van der Waals surface area contributed by atoms with Gasteiger partial charge >= 0.3 is 11.9 Å². The molecule has 4 rings (SSSR count). The van der Waals surface area contributed by atoms with Gasteiger partial charge in [0, 0.05) is 38.7 Å². The molecule has 2 saturated heterocycles. The highest BCUT2D eigenvalue weighted by molar-refractivity contribution is 5.95. The van der Waals surface area contributed by atoms with E-state index >= 15 is 0 Å². The predicted molar refractivity (Wildman–Crippen MR) is 133 cm³/mol. The number of amides is 1. The number of aryl methyl sites for hydroxylation is 1. The molecular weight excluding hydrogens is 468 g/mol. The molecule has 0 spiro atoms. The molecule has 2 aliphatic rings. The molecule has 36 heavy (non-hydrogen) atoms. The Morgan fingerprint density at radius 1 is 1.22 bits per heavy atom. The van der Waals surface area contributed by atoms with E-state index in [1.165, 1.54) is 12.8 Å². The van der Waals surface area contributed by atoms with Crippen LogP contribution >= 0.6 is 0 Å². The van der Waals surface area contributed by atoms with E-state index < -0.39 is 11.7 Å². The number of carbonyl (C=O) groups excluding carboxylic acids is 1. The van der Waals surface area contributed by atoms with Crippen molar-refractivity contribution in [3.8, 4) is 5.75 Å². The van der Waals surface area contributed by atoms with Crippen molar-refractivity contribution in [3.63, 3.8) is 0 Å². The van der Waals surface area contributed by atoms with Crippen molar-refractivity contribution in [2.45, 2.75) is 58.3 Å². The van der Waals surface area contributed by atoms with Crippen molar-refractivity contribution >= 4 is 11.9 Å². The zero-order valence-electron chi connectivity index (χ0n) is 21.3. The number of ether oxygens (including phenoxy) is 1. The van der Waals surface area contributed by atoms with Gasteiger partial charge in [0.15, 0.2) is 0 Å². The highest BCUT2D eigenvalue weighted by atomic mass is 19.3. The Kier molecular flexibility index (Phi) is 8.77. The van der Waals surface area contributed by atoms with Gasteiger partial charge in [0.05, 0.1) is 6.61 Å². The van der Waals surface area contributed by atoms with Gasteiger partial charge in [0.1, 0.15) is 5.75 Å². The van der Waals surface area contributed by atoms with E-state index in [2.05, 4.69) is 20.4 Å². The molecule has 1 aromatic heterocycles. The molecule has 0 saturated carbocycles. The summed E-state index contributed by atoms with van der Waals surface area (Å²) >= 11 is 0. The standard InChI is InChI=1S/C26H37F2N5O3/c1-19-18-21(7-8-22(19)23(34)29-11-16-32-12-3-4-13-32)35-17-5-6-20-9-14-33(15-10-20)25-30-24(31-36-25)26(2,27)28/h7-8,18,20H,3-6,9-17H2,1-2H3,(H,29,34). The van der Waals surface area contributed by atoms with Crippen LogP contribution in [0.4, 0.5) is 14.8 Å². The second-order valence-corrected chi connectivity index (χ2v) is 9.99. The molecule has 2 aromatic rings. The summed E-state index contributed by atoms with van der Waals surface area (Å²) in [6.45, 7) is 8.56. The fraction of sp³-hybridized carbons (Fsp3) is 0.654. The number of nitrogens with zero attached hydrogens (tertiary/aromatic N) is 4. The van der Waals surface area contributed by atoms with Gasteiger partial charge < -0.3 is 24.4 Å². The fourth-order valence-corrected chi connectivity index (χ4v) is 4.91. The van der Waals surface area contributed by atoms with E-state index in [1.807, 2.05) is 30.0 Å². The predicted octanol–water partition coefficient (Wildman–Crippen LogP) is 4.39. The largest absolute Gasteiger partial charge is 0.494 e. The molecule has 198 valence electrons. The Balaban J connectivity index is 1.13. The van der Waals surface area contributed by atoms with Crippen LogP contribution < -0.4 is 15.0 Å². The first-order valence-corrected chi connectivity index (χ1v) is 13.0. The number of hydrogen-bond donors (Lipinski definition) is 1. The topological polar surface area (TPSA) is 83.7 Å². The van der Waals surface area contributed by atoms with Crippen LogP contribution in [0.5, 0.6) is 5.75 Å². The van der Waals surface area contributed by atoms with Gasteiger partial charge in [0.2, 0.25) is 5.82 Å². The Hall–Kier alpha value is -2.75. The van der Waals surface area contributed by atoms with Gasteiger partial charge in [-0.05, 0) is 88.2 Å². The van der Waals surface area contributed by atoms with Crippen molar-refractivity contribution in [2.24, 2.45) is 5.92 Å². The second kappa shape index (κ2) is 12.0. The molecule has 3 heterocycles. The SMILES string of the molecule is Cc1cc(OCCCC2CCN(c3nc(C(C)(F)F)no3)CC2)ccc1C(=O)NCCN1CCCC1. The molecule has 10 heteroatoms. The van der Waals surface area contributed by atoms with E-state index in [-0.39, 0.29) is 11.9 Å². The third kappa shape index (κ3) is 7.15. The van der Waals surface area contributed by atoms with E-state index in [0.29, 0.717) is 37.7 Å². The number of benzene rings is 1. The van der Waals surface area contributed by atoms with Gasteiger partial charge in [-0.2, -0.15) is 13.8 Å². The molecule has 1 N–H and O–H groups in total. The number of piperidine rings is 1. The summed E-state index contributed by atoms with van der Waals surface area (Å²) in [5.41, 5.74) is 1.59. The molecule has 1 amide bonds. The second-order valence-electron chi connectivity index (χ2n) is 9.99. The monoisotopic (exact) mass is 505 g/mol. The lowest BCUT2D eigenvalue weighted by Crippen LogP contribution is -2.34. The minimum Gasteiger partial charge on any atom is -0.494 e. The highest BCUT2D eigenvalue weighted by Gasteiger charge is 2.32. The maximum absolute atomic E-state index is 13.3. The third-order valence-electron chi connectivity index (χ3n) is 7.07. The molecule has 0 unspecified atom stereocenters. The number of carbonyl (C=O) groups is 1. The van der Waals surface area contributed by atoms with Gasteiger partial charge in [0.25, 0.3) is 5.91 Å². The van der Waals surface area contributed by atoms with Gasteiger partial charge in [-0.25, -0.2) is 0 Å². The first kappa shape index (κ1) is 26.3. The van der Waals surface area contributed by atoms with Crippen LogP contribution in [0.15, 0.2) is 22.7 Å². The van der Waals surface area contributed by atoms with Crippen molar-refractivity contribution in [2.75, 3.05) is 50.8 Å². The summed E-state index contributed by atoms with van der Waals surface area (Å²) in [5, 5.41) is 6.43. The first-order chi connectivity index (χ1) is 17.3. The minimum atomic E-state index is -3.10. The molecule has 8 nitrogen and oxygen atoms in total. The van der Waals surface area contributed by atoms with E-state index in [9.17, 15) is 13.6 Å². The van der Waals surface area contributed by atoms with Gasteiger partial charge in [-0.3, -0.25) is 4.79 Å². The molecule has 2 aliphatic heterocycles. The zero-order chi connectivity index (χ0) is 25.5. The average molecular weight is 506 g/mol. The lowest BCUT2D eigenvalue weighted by Gasteiger charge is -2.30. The molecule has 1 aromatic carbocycles. The molecular formula is C26H37F2N5O3. The van der Waals surface area contributed by atoms with Crippen LogP contribution in [-0.4, -0.2) is 66.8 Å². The molecule has 0 aliphatic carbocycles. The van der Waals surface area contributed by atoms with Crippen molar-refractivity contribution in [1.29, 1.82) is 0 Å². The number of anilines is 1. The maximum atomic E-state index is 13.3. The first-order valence-electron chi connectivity index (χ1n) is 13.0. The van der Waals surface area contributed by atoms with E-state index in [1.54, 1.807) is 0 Å². The van der Waals surface area contributed by atoms with Crippen LogP contribution in [0.25, 0.3) is 0 Å². The van der Waals surface area contributed by atoms with Crippen molar-refractivity contribution in [1.82, 2.24) is 20.4 Å². The van der Waals surface area contributed by atoms with Crippen LogP contribution in [0, 0.1) is 12.8 Å². The maximum Gasteiger partial charge on any atom is 0.324 e. The van der Waals surface area contributed by atoms with Crippen LogP contribution in [0.3, 0.4) is 0 Å². The zero-order valence-corrected chi connectivity index (χ0v) is 21.3. The molecule has 0 radical (unpaired) electrons. The summed E-state index contributed by atoms with van der Waals surface area (Å²) in [7, 11) is 0. The Bertz CT molecular complexity index is 996. The highest BCUT2D eigenvalue weighted by Crippen LogP contribution is 2.29. The summed E-state index contributed by atoms with van der Waals surface area (Å²) in [6, 6.07) is 5.79. The Morgan fingerprint density at radius 3 is 2.64 bits per heavy atom. The number of halogens is 2. The fourth-order valence-electron chi connectivity index (χ4n) is 4.91. The van der Waals surface area contributed by atoms with Crippen molar-refractivity contribution in [3.05, 3.63) is 35.2 Å². The summed E-state index contributed by atoms with van der Waals surface area (Å²) in [5.74, 6) is -2.38. The normalized spacial score (nSPS) is 17.5. The van der Waals surface area contributed by atoms with Gasteiger partial charge in [-0.1, -0.05) is 5.16 Å². The number of hydrogen-bond acceptors (Lipinski definition) is 7. The van der Waals surface area contributed by atoms with Crippen LogP contribution in [-0.2, 0) is 5.92 Å². The van der Waals surface area contributed by atoms with Crippen LogP contribution in [0.2, 0.25) is 0 Å². The van der Waals surface area contributed by atoms with E-state index in [4.69, 9.17) is 9.26 Å². The lowest BCUT2D eigenvalue weighted by atomic mass is 9.92. The molecule has 0 bridgehead atoms. The molecule has 0 atom stereocenters. The number of alkyl halides is 2. The Labute approximate surface area is 211 Å². The number of rotatable bonds is 11. The summed E-state index contributed by atoms with van der Waals surface area (Å²) < 4.78 is 37.6. The molecule has 2 fully saturated rings. The lowest BCUT2D eigenvalue weighted by molar-refractivity contribution is 0.00559. The van der Waals surface area contributed by atoms with Crippen LogP contribution in [0.1, 0.15) is 67.2 Å². The summed E-state index contributed by atoms with van der Waals surface area (Å²) in [6.07, 6.45) is 6.35. The minimum absolute atomic E-state index is 0.0373. The smallest absolute Gasteiger partial charge is 0.324 e.